The zero-order valence-electron chi connectivity index (χ0n) is 14.4. The molecule has 0 fully saturated rings. The van der Waals surface area contributed by atoms with Crippen LogP contribution in [0, 0.1) is 11.8 Å². The third kappa shape index (κ3) is 257. The molecule has 114 valence electrons. The second-order valence-electron chi connectivity index (χ2n) is 5.99. The second-order valence-corrected chi connectivity index (χ2v) is 5.99. The van der Waals surface area contributed by atoms with E-state index in [4.69, 9.17) is 11.5 Å². The van der Waals surface area contributed by atoms with E-state index in [0.29, 0.717) is 12.1 Å². The normalized spacial score (nSPS) is 9.11. The van der Waals surface area contributed by atoms with Crippen LogP contribution in [0.2, 0.25) is 0 Å². The van der Waals surface area contributed by atoms with E-state index in [2.05, 4.69) is 20.8 Å². The lowest BCUT2D eigenvalue weighted by atomic mass is 10.1. The molecule has 0 radical (unpaired) electrons. The van der Waals surface area contributed by atoms with Crippen LogP contribution in [0.25, 0.3) is 0 Å². The topological polar surface area (TPSA) is 69.1 Å². The zero-order chi connectivity index (χ0) is 15.9. The molecule has 18 heavy (non-hydrogen) atoms. The smallest absolute Gasteiger partial charge is 0.132 e. The molecule has 3 nitrogen and oxygen atoms in total. The Morgan fingerprint density at radius 1 is 0.722 bits per heavy atom. The summed E-state index contributed by atoms with van der Waals surface area (Å²) in [7, 11) is 0. The van der Waals surface area contributed by atoms with Gasteiger partial charge in [-0.15, -0.1) is 0 Å². The largest absolute Gasteiger partial charge is 0.328 e. The Balaban J connectivity index is -0.0000000742. The lowest BCUT2D eigenvalue weighted by molar-refractivity contribution is -0.119. The first-order chi connectivity index (χ1) is 7.84. The lowest BCUT2D eigenvalue weighted by Crippen LogP contribution is -2.07. The standard InChI is InChI=1S/C5H10O.C4H10.2C3H9N/c1-4(2)5(3)6;1-4(2)3;2*1-3(2)4/h4H,1-3H3;4H,1-3H3;2*3H,4H2,1-2H3. The quantitative estimate of drug-likeness (QED) is 0.758. The van der Waals surface area contributed by atoms with Gasteiger partial charge in [-0.2, -0.15) is 0 Å². The Kier molecular flexibility index (Phi) is 27.6. The molecule has 0 amide bonds. The molecule has 0 rings (SSSR count). The number of rotatable bonds is 1. The van der Waals surface area contributed by atoms with Crippen molar-refractivity contribution in [2.75, 3.05) is 0 Å². The molecular formula is C15H38N2O. The van der Waals surface area contributed by atoms with Gasteiger partial charge in [0.05, 0.1) is 0 Å². The molecule has 0 aliphatic carbocycles. The number of hydrogen-bond donors (Lipinski definition) is 2. The van der Waals surface area contributed by atoms with E-state index in [9.17, 15) is 4.79 Å². The minimum Gasteiger partial charge on any atom is -0.328 e. The van der Waals surface area contributed by atoms with Gasteiger partial charge in [-0.3, -0.25) is 4.79 Å². The van der Waals surface area contributed by atoms with Gasteiger partial charge in [-0.1, -0.05) is 62.3 Å². The van der Waals surface area contributed by atoms with Crippen LogP contribution in [-0.4, -0.2) is 17.9 Å². The fraction of sp³-hybridized carbons (Fsp3) is 0.933. The molecule has 0 aliphatic heterocycles. The second kappa shape index (κ2) is 18.9. The van der Waals surface area contributed by atoms with Crippen molar-refractivity contribution < 1.29 is 4.79 Å². The maximum absolute atomic E-state index is 10.1. The van der Waals surface area contributed by atoms with E-state index in [1.54, 1.807) is 6.92 Å². The first-order valence-corrected chi connectivity index (χ1v) is 6.86. The SMILES string of the molecule is CC(=O)C(C)C.CC(C)C.CC(C)N.CC(C)N. The van der Waals surface area contributed by atoms with Crippen LogP contribution in [-0.2, 0) is 4.79 Å². The van der Waals surface area contributed by atoms with E-state index in [1.807, 2.05) is 41.5 Å². The van der Waals surface area contributed by atoms with Crippen molar-refractivity contribution in [1.29, 1.82) is 0 Å². The maximum Gasteiger partial charge on any atom is 0.132 e. The summed E-state index contributed by atoms with van der Waals surface area (Å²) in [6.45, 7) is 19.7. The maximum atomic E-state index is 10.1. The van der Waals surface area contributed by atoms with E-state index in [-0.39, 0.29) is 11.7 Å². The monoisotopic (exact) mass is 262 g/mol. The Hall–Kier alpha value is -0.410. The predicted molar refractivity (Wildman–Crippen MR) is 84.7 cm³/mol. The zero-order valence-corrected chi connectivity index (χ0v) is 14.4. The van der Waals surface area contributed by atoms with Crippen molar-refractivity contribution in [2.45, 2.75) is 81.3 Å². The summed E-state index contributed by atoms with van der Waals surface area (Å²) in [4.78, 5) is 10.1. The Morgan fingerprint density at radius 2 is 0.778 bits per heavy atom. The van der Waals surface area contributed by atoms with Crippen molar-refractivity contribution >= 4 is 5.78 Å². The Morgan fingerprint density at radius 3 is 0.778 bits per heavy atom. The van der Waals surface area contributed by atoms with Crippen LogP contribution in [0.4, 0.5) is 0 Å². The molecule has 0 aromatic heterocycles. The molecule has 4 N–H and O–H groups in total. The number of carbonyl (C=O) groups excluding carboxylic acids is 1. The number of carbonyl (C=O) groups is 1. The van der Waals surface area contributed by atoms with Crippen molar-refractivity contribution in [3.05, 3.63) is 0 Å². The van der Waals surface area contributed by atoms with Gasteiger partial charge in [0, 0.05) is 5.92 Å². The van der Waals surface area contributed by atoms with Gasteiger partial charge in [0.2, 0.25) is 0 Å². The van der Waals surface area contributed by atoms with Crippen LogP contribution >= 0.6 is 0 Å². The molecule has 0 spiro atoms. The fourth-order valence-corrected chi connectivity index (χ4v) is 0. The molecule has 0 bridgehead atoms. The summed E-state index contributed by atoms with van der Waals surface area (Å²) in [5.41, 5.74) is 10.2. The van der Waals surface area contributed by atoms with Gasteiger partial charge < -0.3 is 11.5 Å². The average Bonchev–Trinajstić information content (AvgIpc) is 1.99. The highest BCUT2D eigenvalue weighted by Gasteiger charge is 1.95. The molecule has 0 unspecified atom stereocenters. The first-order valence-electron chi connectivity index (χ1n) is 6.86. The van der Waals surface area contributed by atoms with Gasteiger partial charge in [0.15, 0.2) is 0 Å². The molecule has 0 atom stereocenters. The Labute approximate surface area is 116 Å². The van der Waals surface area contributed by atoms with Crippen LogP contribution in [0.1, 0.15) is 69.2 Å². The van der Waals surface area contributed by atoms with Crippen LogP contribution in [0.3, 0.4) is 0 Å². The number of hydrogen-bond acceptors (Lipinski definition) is 3. The van der Waals surface area contributed by atoms with Crippen molar-refractivity contribution in [1.82, 2.24) is 0 Å². The molecule has 0 aromatic rings. The highest BCUT2D eigenvalue weighted by molar-refractivity contribution is 5.77. The fourth-order valence-electron chi connectivity index (χ4n) is 0. The van der Waals surface area contributed by atoms with Gasteiger partial charge in [0.1, 0.15) is 5.78 Å². The average molecular weight is 262 g/mol. The van der Waals surface area contributed by atoms with Crippen LogP contribution < -0.4 is 11.5 Å². The van der Waals surface area contributed by atoms with E-state index < -0.39 is 0 Å². The molecule has 3 heteroatoms. The predicted octanol–water partition coefficient (Wildman–Crippen LogP) is 3.60. The molecular weight excluding hydrogens is 224 g/mol. The summed E-state index contributed by atoms with van der Waals surface area (Å²) < 4.78 is 0. The van der Waals surface area contributed by atoms with Crippen LogP contribution in [0.15, 0.2) is 0 Å². The first kappa shape index (κ1) is 26.2. The van der Waals surface area contributed by atoms with Gasteiger partial charge in [0.25, 0.3) is 0 Å². The van der Waals surface area contributed by atoms with E-state index >= 15 is 0 Å². The van der Waals surface area contributed by atoms with Gasteiger partial charge in [-0.25, -0.2) is 0 Å². The number of nitrogens with two attached hydrogens (primary N) is 2. The third-order valence-corrected chi connectivity index (χ3v) is 0.813. The summed E-state index contributed by atoms with van der Waals surface area (Å²) in [5, 5.41) is 0. The lowest BCUT2D eigenvalue weighted by Gasteiger charge is -1.90. The van der Waals surface area contributed by atoms with E-state index in [1.165, 1.54) is 0 Å². The highest BCUT2D eigenvalue weighted by Crippen LogP contribution is 1.89. The minimum atomic E-state index is 0.213. The summed E-state index contributed by atoms with van der Waals surface area (Å²) in [6.07, 6.45) is 0. The molecule has 0 saturated carbocycles. The summed E-state index contributed by atoms with van der Waals surface area (Å²) in [5.74, 6) is 1.31. The number of Topliss-reactive ketones (excluding diaryl/α,β-unsaturated/α-hetero) is 1. The van der Waals surface area contributed by atoms with Gasteiger partial charge >= 0.3 is 0 Å². The van der Waals surface area contributed by atoms with Gasteiger partial charge in [-0.05, 0) is 24.9 Å². The molecule has 0 saturated heterocycles. The van der Waals surface area contributed by atoms with Crippen molar-refractivity contribution in [3.63, 3.8) is 0 Å². The Bertz CT molecular complexity index is 130. The molecule has 0 heterocycles. The summed E-state index contributed by atoms with van der Waals surface area (Å²) >= 11 is 0. The number of ketones is 1. The highest BCUT2D eigenvalue weighted by atomic mass is 16.1. The van der Waals surface area contributed by atoms with E-state index in [0.717, 1.165) is 5.92 Å². The minimum absolute atomic E-state index is 0.213. The molecule has 0 aliphatic rings. The third-order valence-electron chi connectivity index (χ3n) is 0.813. The summed E-state index contributed by atoms with van der Waals surface area (Å²) in [6, 6.07) is 0.667. The van der Waals surface area contributed by atoms with Crippen molar-refractivity contribution in [2.24, 2.45) is 23.3 Å². The van der Waals surface area contributed by atoms with Crippen molar-refractivity contribution in [3.8, 4) is 0 Å². The van der Waals surface area contributed by atoms with Crippen LogP contribution in [0.5, 0.6) is 0 Å². The molecule has 0 aromatic carbocycles.